The lowest BCUT2D eigenvalue weighted by molar-refractivity contribution is -0.139. The van der Waals surface area contributed by atoms with Crippen molar-refractivity contribution in [2.24, 2.45) is 0 Å². The molecule has 3 aromatic rings. The van der Waals surface area contributed by atoms with E-state index in [2.05, 4.69) is 16.9 Å². The van der Waals surface area contributed by atoms with Gasteiger partial charge in [-0.15, -0.1) is 0 Å². The van der Waals surface area contributed by atoms with Gasteiger partial charge in [0.2, 0.25) is 0 Å². The van der Waals surface area contributed by atoms with Crippen LogP contribution in [0.5, 0.6) is 5.75 Å². The van der Waals surface area contributed by atoms with E-state index >= 15 is 0 Å². The second-order valence-electron chi connectivity index (χ2n) is 8.15. The van der Waals surface area contributed by atoms with Crippen molar-refractivity contribution in [1.29, 1.82) is 0 Å². The van der Waals surface area contributed by atoms with Crippen LogP contribution in [-0.2, 0) is 32.2 Å². The van der Waals surface area contributed by atoms with Crippen molar-refractivity contribution in [2.75, 3.05) is 6.26 Å². The molecule has 2 atom stereocenters. The van der Waals surface area contributed by atoms with E-state index in [4.69, 9.17) is 23.2 Å². The monoisotopic (exact) mass is 581 g/mol. The topological polar surface area (TPSA) is 141 Å². The summed E-state index contributed by atoms with van der Waals surface area (Å²) in [6, 6.07) is 13.2. The summed E-state index contributed by atoms with van der Waals surface area (Å²) in [4.78, 5) is 22.2. The van der Waals surface area contributed by atoms with Gasteiger partial charge in [0.15, 0.2) is 9.84 Å². The number of phenolic OH excluding ortho intramolecular Hbond substituents is 1. The van der Waals surface area contributed by atoms with Gasteiger partial charge in [-0.25, -0.2) is 8.42 Å². The number of aromatic hydroxyl groups is 1. The minimum Gasteiger partial charge on any atom is -0.508 e. The van der Waals surface area contributed by atoms with E-state index in [1.807, 2.05) is 0 Å². The summed E-state index contributed by atoms with van der Waals surface area (Å²) in [5.41, 5.74) is 3.47. The number of carboxylic acids is 1. The van der Waals surface area contributed by atoms with E-state index in [1.54, 1.807) is 12.1 Å². The zero-order chi connectivity index (χ0) is 27.4. The molecular formula is C25H22Cl2NO7PS. The molecule has 0 aliphatic rings. The molecule has 0 aromatic heterocycles. The van der Waals surface area contributed by atoms with Crippen molar-refractivity contribution >= 4 is 51.7 Å². The molecule has 0 amide bonds. The molecular weight excluding hydrogens is 560 g/mol. The first-order chi connectivity index (χ1) is 17.3. The van der Waals surface area contributed by atoms with Gasteiger partial charge >= 0.3 is 13.3 Å². The molecule has 12 heteroatoms. The van der Waals surface area contributed by atoms with Gasteiger partial charge in [-0.1, -0.05) is 47.3 Å². The van der Waals surface area contributed by atoms with Crippen LogP contribution >= 0.6 is 30.6 Å². The molecule has 194 valence electrons. The predicted octanol–water partition coefficient (Wildman–Crippen LogP) is 3.79. The second-order valence-corrected chi connectivity index (χ2v) is 12.9. The minimum atomic E-state index is -4.09. The fourth-order valence-corrected chi connectivity index (χ4v) is 5.66. The molecule has 3 aromatic carbocycles. The van der Waals surface area contributed by atoms with Crippen molar-refractivity contribution < 1.29 is 32.9 Å². The molecule has 0 bridgehead atoms. The number of benzene rings is 3. The molecule has 8 nitrogen and oxygen atoms in total. The molecule has 0 radical (unpaired) electrons. The number of nitrogens with one attached hydrogen (secondary N) is 1. The highest BCUT2D eigenvalue weighted by Crippen LogP contribution is 2.38. The number of phenols is 1. The Bertz CT molecular complexity index is 1540. The fourth-order valence-electron chi connectivity index (χ4n) is 3.34. The average molecular weight is 582 g/mol. The van der Waals surface area contributed by atoms with Crippen molar-refractivity contribution in [3.63, 3.8) is 0 Å². The van der Waals surface area contributed by atoms with E-state index in [0.717, 1.165) is 12.3 Å². The van der Waals surface area contributed by atoms with E-state index < -0.39 is 29.2 Å². The van der Waals surface area contributed by atoms with Crippen LogP contribution in [0, 0.1) is 11.6 Å². The van der Waals surface area contributed by atoms with E-state index in [-0.39, 0.29) is 44.5 Å². The van der Waals surface area contributed by atoms with Gasteiger partial charge in [0.1, 0.15) is 11.8 Å². The van der Waals surface area contributed by atoms with E-state index in [1.165, 1.54) is 42.5 Å². The van der Waals surface area contributed by atoms with Crippen LogP contribution in [0.4, 0.5) is 0 Å². The zero-order valence-electron chi connectivity index (χ0n) is 19.4. The second kappa shape index (κ2) is 11.7. The van der Waals surface area contributed by atoms with Crippen molar-refractivity contribution in [2.45, 2.75) is 23.9 Å². The quantitative estimate of drug-likeness (QED) is 0.232. The molecule has 37 heavy (non-hydrogen) atoms. The lowest BCUT2D eigenvalue weighted by Gasteiger charge is -2.16. The molecule has 0 aliphatic carbocycles. The standard InChI is InChI=1S/C25H22Cl2NO7PS/c1-37(34,35)20-7-2-4-16(10-20)13-24(25(30)31)28-15-21-22(26)11-17(12-23(21)27)8-9-36(32,33)19-6-3-5-18(29)14-19/h2-7,10-12,14,24,28-29H,13,15H2,1H3,(H,30,31)(H,32,33). The number of halogens is 2. The SMILES string of the molecule is CS(=O)(=O)c1cccc(CC(NCc2c(Cl)cc(C#CP(=O)(O)c3cccc(O)c3)cc2Cl)C(=O)O)c1. The van der Waals surface area contributed by atoms with Gasteiger partial charge in [0, 0.05) is 34.0 Å². The molecule has 0 heterocycles. The minimum absolute atomic E-state index is 0.0122. The van der Waals surface area contributed by atoms with Crippen LogP contribution in [-0.4, -0.2) is 41.8 Å². The average Bonchev–Trinajstić information content (AvgIpc) is 2.81. The maximum atomic E-state index is 12.6. The molecule has 0 saturated carbocycles. The summed E-state index contributed by atoms with van der Waals surface area (Å²) in [6.45, 7) is -0.0180. The Labute approximate surface area is 224 Å². The summed E-state index contributed by atoms with van der Waals surface area (Å²) in [5.74, 6) is 1.25. The summed E-state index contributed by atoms with van der Waals surface area (Å²) >= 11 is 12.7. The summed E-state index contributed by atoms with van der Waals surface area (Å²) < 4.78 is 36.1. The third-order valence-corrected chi connectivity index (χ3v) is 8.44. The Kier molecular flexibility index (Phi) is 9.09. The molecule has 0 aliphatic heterocycles. The van der Waals surface area contributed by atoms with E-state index in [9.17, 15) is 32.9 Å². The maximum Gasteiger partial charge on any atom is 0.321 e. The first kappa shape index (κ1) is 28.7. The van der Waals surface area contributed by atoms with Crippen molar-refractivity contribution in [3.8, 4) is 17.3 Å². The Morgan fingerprint density at radius 3 is 2.32 bits per heavy atom. The van der Waals surface area contributed by atoms with Gasteiger partial charge < -0.3 is 15.1 Å². The van der Waals surface area contributed by atoms with Crippen LogP contribution in [0.15, 0.2) is 65.6 Å². The van der Waals surface area contributed by atoms with E-state index in [0.29, 0.717) is 11.1 Å². The van der Waals surface area contributed by atoms with Gasteiger partial charge in [0.25, 0.3) is 0 Å². The largest absolute Gasteiger partial charge is 0.508 e. The molecule has 4 N–H and O–H groups in total. The Morgan fingerprint density at radius 2 is 1.73 bits per heavy atom. The lowest BCUT2D eigenvalue weighted by atomic mass is 10.1. The molecule has 0 spiro atoms. The van der Waals surface area contributed by atoms with Crippen LogP contribution in [0.3, 0.4) is 0 Å². The highest BCUT2D eigenvalue weighted by Gasteiger charge is 2.21. The summed E-state index contributed by atoms with van der Waals surface area (Å²) in [7, 11) is -7.53. The van der Waals surface area contributed by atoms with Crippen LogP contribution in [0.25, 0.3) is 0 Å². The van der Waals surface area contributed by atoms with Crippen LogP contribution in [0.1, 0.15) is 16.7 Å². The lowest BCUT2D eigenvalue weighted by Crippen LogP contribution is -2.38. The first-order valence-corrected chi connectivity index (χ1v) is 15.0. The highest BCUT2D eigenvalue weighted by molar-refractivity contribution is 7.90. The van der Waals surface area contributed by atoms with Crippen LogP contribution in [0.2, 0.25) is 10.0 Å². The molecule has 3 rings (SSSR count). The number of hydrogen-bond donors (Lipinski definition) is 4. The number of sulfone groups is 1. The number of hydrogen-bond acceptors (Lipinski definition) is 6. The van der Waals surface area contributed by atoms with Gasteiger partial charge in [-0.2, -0.15) is 0 Å². The summed E-state index contributed by atoms with van der Waals surface area (Å²) in [6.07, 6.45) is 1.08. The molecule has 2 unspecified atom stereocenters. The van der Waals surface area contributed by atoms with Crippen LogP contribution < -0.4 is 10.6 Å². The third kappa shape index (κ3) is 7.83. The Morgan fingerprint density at radius 1 is 1.08 bits per heavy atom. The Hall–Kier alpha value is -2.83. The van der Waals surface area contributed by atoms with Gasteiger partial charge in [-0.05, 0) is 60.1 Å². The van der Waals surface area contributed by atoms with Crippen molar-refractivity contribution in [1.82, 2.24) is 5.32 Å². The van der Waals surface area contributed by atoms with Gasteiger partial charge in [-0.3, -0.25) is 14.7 Å². The summed E-state index contributed by atoms with van der Waals surface area (Å²) in [5, 5.41) is 22.3. The number of carbonyl (C=O) groups is 1. The number of aliphatic carboxylic acids is 1. The molecule has 0 saturated heterocycles. The first-order valence-electron chi connectivity index (χ1n) is 10.6. The fraction of sp³-hybridized carbons (Fsp3) is 0.160. The molecule has 0 fully saturated rings. The Balaban J connectivity index is 1.77. The smallest absolute Gasteiger partial charge is 0.321 e. The van der Waals surface area contributed by atoms with Gasteiger partial charge in [0.05, 0.1) is 10.2 Å². The van der Waals surface area contributed by atoms with Crippen molar-refractivity contribution in [3.05, 3.63) is 87.4 Å². The predicted molar refractivity (Wildman–Crippen MR) is 142 cm³/mol. The maximum absolute atomic E-state index is 12.6. The number of carboxylic acid groups (broad SMARTS) is 1. The number of rotatable bonds is 8. The zero-order valence-corrected chi connectivity index (χ0v) is 22.6. The third-order valence-electron chi connectivity index (χ3n) is 5.26. The normalized spacial score (nSPS) is 13.7. The highest BCUT2D eigenvalue weighted by atomic mass is 35.5.